The largest absolute Gasteiger partial charge is 0.466 e. The molecule has 0 saturated carbocycles. The van der Waals surface area contributed by atoms with Gasteiger partial charge in [-0.05, 0) is 36.0 Å². The molecule has 0 bridgehead atoms. The van der Waals surface area contributed by atoms with Gasteiger partial charge < -0.3 is 9.84 Å². The van der Waals surface area contributed by atoms with Gasteiger partial charge in [0.25, 0.3) is 0 Å². The van der Waals surface area contributed by atoms with Gasteiger partial charge in [0, 0.05) is 15.6 Å². The van der Waals surface area contributed by atoms with Gasteiger partial charge in [-0.3, -0.25) is 0 Å². The lowest BCUT2D eigenvalue weighted by atomic mass is 9.61. The van der Waals surface area contributed by atoms with Crippen molar-refractivity contribution in [2.45, 2.75) is 26.4 Å². The number of halogens is 1. The summed E-state index contributed by atoms with van der Waals surface area (Å²) in [7, 11) is 1.27. The fourth-order valence-electron chi connectivity index (χ4n) is 3.35. The van der Waals surface area contributed by atoms with E-state index >= 15 is 0 Å². The minimum Gasteiger partial charge on any atom is -0.466 e. The molecule has 0 radical (unpaired) electrons. The number of carbonyl (C=O) groups is 1. The molecule has 0 saturated heterocycles. The Labute approximate surface area is 155 Å². The maximum atomic E-state index is 12.4. The average Bonchev–Trinajstić information content (AvgIpc) is 2.61. The number of aliphatic hydroxyl groups excluding tert-OH is 1. The Morgan fingerprint density at radius 2 is 1.88 bits per heavy atom. The van der Waals surface area contributed by atoms with Gasteiger partial charge in [-0.15, -0.1) is 0 Å². The molecule has 1 aliphatic carbocycles. The van der Waals surface area contributed by atoms with Gasteiger partial charge in [-0.2, -0.15) is 10.5 Å². The second-order valence-electron chi connectivity index (χ2n) is 6.44. The monoisotopic (exact) mass is 402 g/mol. The number of nitrogens with zero attached hydrogens (tertiary/aromatic N) is 2. The Bertz CT molecular complexity index is 770. The van der Waals surface area contributed by atoms with Crippen LogP contribution in [-0.4, -0.2) is 24.3 Å². The molecule has 6 heteroatoms. The average molecular weight is 403 g/mol. The van der Waals surface area contributed by atoms with Crippen LogP contribution < -0.4 is 0 Å². The molecular formula is C19H19BrN2O3. The molecule has 1 aliphatic rings. The quantitative estimate of drug-likeness (QED) is 0.781. The van der Waals surface area contributed by atoms with E-state index in [1.807, 2.05) is 26.0 Å². The van der Waals surface area contributed by atoms with Crippen molar-refractivity contribution < 1.29 is 14.6 Å². The van der Waals surface area contributed by atoms with Crippen LogP contribution in [0.3, 0.4) is 0 Å². The van der Waals surface area contributed by atoms with Crippen LogP contribution in [0.5, 0.6) is 0 Å². The number of ether oxygens (including phenoxy) is 1. The highest BCUT2D eigenvalue weighted by Gasteiger charge is 2.53. The van der Waals surface area contributed by atoms with Gasteiger partial charge in [-0.25, -0.2) is 4.79 Å². The van der Waals surface area contributed by atoms with E-state index in [1.165, 1.54) is 7.11 Å². The number of hydrogen-bond donors (Lipinski definition) is 1. The first-order valence-corrected chi connectivity index (χ1v) is 8.70. The zero-order valence-corrected chi connectivity index (χ0v) is 15.9. The Hall–Kier alpha value is -2.15. The van der Waals surface area contributed by atoms with E-state index in [4.69, 9.17) is 4.74 Å². The molecule has 5 nitrogen and oxygen atoms in total. The van der Waals surface area contributed by atoms with Crippen molar-refractivity contribution in [2.24, 2.45) is 17.3 Å². The summed E-state index contributed by atoms with van der Waals surface area (Å²) in [5, 5.41) is 30.6. The standard InChI is InChI=1S/C19H19BrN2O3/c1-11(2)14-8-15(18(24)25-3)16(12-4-6-13(20)7-5-12)19(9-21,10-22)17(14)23/h4-7,11,14,17,23H,8H2,1-3H3/t14-,17-/m0/s1. The SMILES string of the molecule is COC(=O)C1=C(c2ccc(Br)cc2)C(C#N)(C#N)[C@@H](O)[C@H](C(C)C)C1. The zero-order chi connectivity index (χ0) is 18.8. The number of methoxy groups -OCH3 is 1. The number of esters is 1. The highest BCUT2D eigenvalue weighted by atomic mass is 79.9. The lowest BCUT2D eigenvalue weighted by molar-refractivity contribution is -0.136. The van der Waals surface area contributed by atoms with Gasteiger partial charge in [0.05, 0.1) is 25.4 Å². The van der Waals surface area contributed by atoms with Crippen molar-refractivity contribution in [2.75, 3.05) is 7.11 Å². The molecule has 0 spiro atoms. The summed E-state index contributed by atoms with van der Waals surface area (Å²) in [5.41, 5.74) is -0.768. The number of nitriles is 2. The molecule has 0 heterocycles. The summed E-state index contributed by atoms with van der Waals surface area (Å²) in [6, 6.07) is 10.9. The first-order valence-electron chi connectivity index (χ1n) is 7.90. The third kappa shape index (κ3) is 3.20. The molecule has 2 rings (SSSR count). The third-order valence-electron chi connectivity index (χ3n) is 4.76. The second-order valence-corrected chi connectivity index (χ2v) is 7.36. The van der Waals surface area contributed by atoms with Gasteiger partial charge in [0.15, 0.2) is 5.41 Å². The fourth-order valence-corrected chi connectivity index (χ4v) is 3.62. The van der Waals surface area contributed by atoms with E-state index in [0.717, 1.165) is 4.47 Å². The summed E-state index contributed by atoms with van der Waals surface area (Å²) < 4.78 is 5.73. The van der Waals surface area contributed by atoms with Gasteiger partial charge in [-0.1, -0.05) is 41.9 Å². The summed E-state index contributed by atoms with van der Waals surface area (Å²) in [5.74, 6) is -0.986. The van der Waals surface area contributed by atoms with E-state index in [-0.39, 0.29) is 23.5 Å². The fraction of sp³-hybridized carbons (Fsp3) is 0.421. The van der Waals surface area contributed by atoms with E-state index in [2.05, 4.69) is 15.9 Å². The molecule has 0 aliphatic heterocycles. The molecule has 0 fully saturated rings. The second kappa shape index (κ2) is 7.39. The van der Waals surface area contributed by atoms with Crippen LogP contribution in [0.2, 0.25) is 0 Å². The molecule has 1 N–H and O–H groups in total. The number of carbonyl (C=O) groups excluding carboxylic acids is 1. The lowest BCUT2D eigenvalue weighted by Gasteiger charge is -2.41. The Kier molecular flexibility index (Phi) is 5.67. The van der Waals surface area contributed by atoms with Gasteiger partial charge in [0.2, 0.25) is 0 Å². The van der Waals surface area contributed by atoms with E-state index in [1.54, 1.807) is 24.3 Å². The summed E-state index contributed by atoms with van der Waals surface area (Å²) in [6.45, 7) is 3.79. The Morgan fingerprint density at radius 1 is 1.32 bits per heavy atom. The van der Waals surface area contributed by atoms with Crippen molar-refractivity contribution >= 4 is 27.5 Å². The molecular weight excluding hydrogens is 384 g/mol. The molecule has 1 aromatic rings. The van der Waals surface area contributed by atoms with Crippen molar-refractivity contribution in [3.05, 3.63) is 39.9 Å². The van der Waals surface area contributed by atoms with Gasteiger partial charge >= 0.3 is 5.97 Å². The maximum absolute atomic E-state index is 12.4. The molecule has 1 aromatic carbocycles. The molecule has 0 amide bonds. The summed E-state index contributed by atoms with van der Waals surface area (Å²) in [6.07, 6.45) is -0.947. The normalized spacial score (nSPS) is 22.2. The lowest BCUT2D eigenvalue weighted by Crippen LogP contribution is -2.46. The number of benzene rings is 1. The van der Waals surface area contributed by atoms with E-state index < -0.39 is 23.4 Å². The van der Waals surface area contributed by atoms with Crippen molar-refractivity contribution in [3.8, 4) is 12.1 Å². The molecule has 130 valence electrons. The number of aliphatic hydroxyl groups is 1. The van der Waals surface area contributed by atoms with Crippen LogP contribution in [-0.2, 0) is 9.53 Å². The van der Waals surface area contributed by atoms with Crippen LogP contribution in [0, 0.1) is 39.9 Å². The number of rotatable bonds is 3. The molecule has 2 atom stereocenters. The van der Waals surface area contributed by atoms with Crippen molar-refractivity contribution in [3.63, 3.8) is 0 Å². The van der Waals surface area contributed by atoms with Crippen LogP contribution in [0.25, 0.3) is 5.57 Å². The topological polar surface area (TPSA) is 94.1 Å². The minimum absolute atomic E-state index is 0.0119. The van der Waals surface area contributed by atoms with E-state index in [0.29, 0.717) is 5.56 Å². The van der Waals surface area contributed by atoms with Crippen LogP contribution in [0.1, 0.15) is 25.8 Å². The Morgan fingerprint density at radius 3 is 2.32 bits per heavy atom. The zero-order valence-electron chi connectivity index (χ0n) is 14.3. The van der Waals surface area contributed by atoms with Crippen LogP contribution in [0.15, 0.2) is 34.3 Å². The third-order valence-corrected chi connectivity index (χ3v) is 5.29. The first kappa shape index (κ1) is 19.2. The molecule has 25 heavy (non-hydrogen) atoms. The van der Waals surface area contributed by atoms with Crippen molar-refractivity contribution in [1.82, 2.24) is 0 Å². The molecule has 0 aromatic heterocycles. The minimum atomic E-state index is -1.83. The van der Waals surface area contributed by atoms with E-state index in [9.17, 15) is 20.4 Å². The summed E-state index contributed by atoms with van der Waals surface area (Å²) >= 11 is 3.34. The maximum Gasteiger partial charge on any atom is 0.334 e. The van der Waals surface area contributed by atoms with Gasteiger partial charge in [0.1, 0.15) is 0 Å². The highest BCUT2D eigenvalue weighted by Crippen LogP contribution is 2.50. The first-order chi connectivity index (χ1) is 11.8. The predicted octanol–water partition coefficient (Wildman–Crippen LogP) is 3.45. The number of hydrogen-bond acceptors (Lipinski definition) is 5. The van der Waals surface area contributed by atoms with Crippen molar-refractivity contribution in [1.29, 1.82) is 10.5 Å². The van der Waals surface area contributed by atoms with Crippen LogP contribution >= 0.6 is 15.9 Å². The Balaban J connectivity index is 2.84. The predicted molar refractivity (Wildman–Crippen MR) is 95.7 cm³/mol. The smallest absolute Gasteiger partial charge is 0.334 e. The van der Waals surface area contributed by atoms with Crippen LogP contribution in [0.4, 0.5) is 0 Å². The molecule has 0 unspecified atom stereocenters. The summed E-state index contributed by atoms with van der Waals surface area (Å²) in [4.78, 5) is 12.4. The highest BCUT2D eigenvalue weighted by molar-refractivity contribution is 9.10.